The highest BCUT2D eigenvalue weighted by Crippen LogP contribution is 2.14. The summed E-state index contributed by atoms with van der Waals surface area (Å²) in [4.78, 5) is 37.0. The fourth-order valence-corrected chi connectivity index (χ4v) is 6.23. The minimum Gasteiger partial charge on any atom is -0.477 e. The Kier molecular flexibility index (Phi) is 36.8. The number of rotatable bonds is 39. The molecule has 0 bridgehead atoms. The molecule has 0 saturated heterocycles. The Morgan fingerprint density at radius 3 is 1.48 bits per heavy atom. The van der Waals surface area contributed by atoms with Crippen LogP contribution in [0.4, 0.5) is 0 Å². The van der Waals surface area contributed by atoms with Crippen molar-refractivity contribution >= 4 is 17.9 Å². The first kappa shape index (κ1) is 53.0. The molecule has 322 valence electrons. The summed E-state index contributed by atoms with van der Waals surface area (Å²) in [5.41, 5.74) is 0. The number of hydrogen-bond donors (Lipinski definition) is 1. The van der Waals surface area contributed by atoms with Crippen LogP contribution in [0.1, 0.15) is 174 Å². The lowest BCUT2D eigenvalue weighted by Gasteiger charge is -2.31. The third kappa shape index (κ3) is 36.7. The van der Waals surface area contributed by atoms with Crippen molar-refractivity contribution in [1.82, 2.24) is 0 Å². The molecule has 8 nitrogen and oxygen atoms in total. The van der Waals surface area contributed by atoms with Crippen molar-refractivity contribution in [1.29, 1.82) is 0 Å². The molecule has 0 aliphatic rings. The van der Waals surface area contributed by atoms with E-state index in [9.17, 15) is 19.5 Å². The van der Waals surface area contributed by atoms with Crippen molar-refractivity contribution in [2.24, 2.45) is 0 Å². The summed E-state index contributed by atoms with van der Waals surface area (Å²) in [5.74, 6) is -1.51. The van der Waals surface area contributed by atoms with Crippen LogP contribution in [0.15, 0.2) is 60.8 Å². The summed E-state index contributed by atoms with van der Waals surface area (Å²) in [6.07, 6.45) is 46.9. The molecule has 0 amide bonds. The van der Waals surface area contributed by atoms with Crippen molar-refractivity contribution in [2.45, 2.75) is 187 Å². The summed E-state index contributed by atoms with van der Waals surface area (Å²) >= 11 is 0. The first-order valence-electron chi connectivity index (χ1n) is 22.3. The second-order valence-electron chi connectivity index (χ2n) is 15.9. The number of nitrogens with zero attached hydrogens (tertiary/aromatic N) is 1. The molecular formula is C48H84NO7+. The number of hydrogen-bond acceptors (Lipinski definition) is 6. The molecule has 0 aromatic rings. The molecule has 0 aromatic heterocycles. The molecule has 0 heterocycles. The van der Waals surface area contributed by atoms with E-state index in [1.807, 2.05) is 21.1 Å². The van der Waals surface area contributed by atoms with E-state index >= 15 is 0 Å². The van der Waals surface area contributed by atoms with Gasteiger partial charge in [0, 0.05) is 19.3 Å². The van der Waals surface area contributed by atoms with Crippen LogP contribution in [-0.2, 0) is 28.6 Å². The third-order valence-electron chi connectivity index (χ3n) is 9.68. The Labute approximate surface area is 343 Å². The average Bonchev–Trinajstić information content (AvgIpc) is 3.15. The Morgan fingerprint density at radius 1 is 0.554 bits per heavy atom. The summed E-state index contributed by atoms with van der Waals surface area (Å²) in [5, 5.41) is 9.62. The highest BCUT2D eigenvalue weighted by atomic mass is 16.6. The highest BCUT2D eigenvalue weighted by molar-refractivity contribution is 5.72. The van der Waals surface area contributed by atoms with Gasteiger partial charge in [-0.05, 0) is 57.8 Å². The van der Waals surface area contributed by atoms with Gasteiger partial charge in [0.15, 0.2) is 12.1 Å². The van der Waals surface area contributed by atoms with Crippen LogP contribution in [0.25, 0.3) is 0 Å². The van der Waals surface area contributed by atoms with Gasteiger partial charge in [0.2, 0.25) is 0 Å². The van der Waals surface area contributed by atoms with E-state index in [0.29, 0.717) is 12.8 Å². The molecule has 0 rings (SSSR count). The van der Waals surface area contributed by atoms with Gasteiger partial charge in [-0.25, -0.2) is 4.79 Å². The van der Waals surface area contributed by atoms with Gasteiger partial charge in [0.05, 0.1) is 34.4 Å². The molecule has 56 heavy (non-hydrogen) atoms. The summed E-state index contributed by atoms with van der Waals surface area (Å²) < 4.78 is 17.2. The molecular weight excluding hydrogens is 703 g/mol. The Bertz CT molecular complexity index is 1100. The molecule has 0 aromatic carbocycles. The van der Waals surface area contributed by atoms with E-state index in [4.69, 9.17) is 14.2 Å². The number of quaternary nitrogens is 1. The van der Waals surface area contributed by atoms with Crippen LogP contribution in [0.3, 0.4) is 0 Å². The van der Waals surface area contributed by atoms with E-state index < -0.39 is 18.1 Å². The maximum Gasteiger partial charge on any atom is 0.362 e. The fraction of sp³-hybridized carbons (Fsp3) is 0.729. The minimum absolute atomic E-state index is 0.0469. The Morgan fingerprint density at radius 2 is 1.00 bits per heavy atom. The van der Waals surface area contributed by atoms with Crippen molar-refractivity contribution in [3.63, 3.8) is 0 Å². The Balaban J connectivity index is 4.41. The van der Waals surface area contributed by atoms with Crippen LogP contribution < -0.4 is 0 Å². The number of carboxylic acids is 1. The van der Waals surface area contributed by atoms with Gasteiger partial charge in [-0.1, -0.05) is 158 Å². The maximum atomic E-state index is 12.7. The number of esters is 2. The van der Waals surface area contributed by atoms with E-state index in [1.165, 1.54) is 64.2 Å². The molecule has 8 heteroatoms. The predicted octanol–water partition coefficient (Wildman–Crippen LogP) is 12.2. The normalized spacial score (nSPS) is 13.5. The van der Waals surface area contributed by atoms with Crippen LogP contribution in [0.5, 0.6) is 0 Å². The standard InChI is InChI=1S/C48H83NO7/c1-6-8-10-12-14-16-18-20-21-22-23-24-25-27-29-31-33-35-37-39-47(51)56-44(42-54-41-40-45(48(52)53)49(3,4)5)43-55-46(50)38-36-34-32-30-28-26-19-17-15-13-11-9-7-2/h8,10,14,16,20-21,23-24,27,29,44-45H,6-7,9,11-13,15,17-19,22,25-26,28,30-43H2,1-5H3/p+1/b10-8-,16-14-,21-20-,24-23-,29-27-. The second kappa shape index (κ2) is 38.9. The monoisotopic (exact) mass is 787 g/mol. The van der Waals surface area contributed by atoms with Gasteiger partial charge in [0.1, 0.15) is 6.61 Å². The quantitative estimate of drug-likeness (QED) is 0.0287. The smallest absolute Gasteiger partial charge is 0.362 e. The highest BCUT2D eigenvalue weighted by Gasteiger charge is 2.31. The zero-order valence-corrected chi connectivity index (χ0v) is 36.6. The molecule has 0 radical (unpaired) electrons. The van der Waals surface area contributed by atoms with Gasteiger partial charge in [-0.3, -0.25) is 9.59 Å². The van der Waals surface area contributed by atoms with Gasteiger partial charge in [-0.15, -0.1) is 0 Å². The largest absolute Gasteiger partial charge is 0.477 e. The lowest BCUT2D eigenvalue weighted by Crippen LogP contribution is -2.50. The fourth-order valence-electron chi connectivity index (χ4n) is 6.23. The number of likely N-dealkylation sites (N-methyl/N-ethyl adjacent to an activating group) is 1. The SMILES string of the molecule is CC/C=C\C/C=C\C/C=C\C/C=C\C/C=C\CCCCCC(=O)OC(COCCC(C(=O)O)[N+](C)(C)C)COC(=O)CCCCCCCCCCCCCCC. The lowest BCUT2D eigenvalue weighted by molar-refractivity contribution is -0.887. The van der Waals surface area contributed by atoms with Crippen molar-refractivity contribution in [2.75, 3.05) is 41.0 Å². The van der Waals surface area contributed by atoms with Crippen molar-refractivity contribution < 1.29 is 38.2 Å². The molecule has 0 spiro atoms. The number of aliphatic carboxylic acids is 1. The average molecular weight is 787 g/mol. The minimum atomic E-state index is -0.882. The molecule has 2 unspecified atom stereocenters. The van der Waals surface area contributed by atoms with Gasteiger partial charge < -0.3 is 23.8 Å². The molecule has 0 aliphatic carbocycles. The van der Waals surface area contributed by atoms with E-state index in [0.717, 1.165) is 77.0 Å². The van der Waals surface area contributed by atoms with E-state index in [1.54, 1.807) is 0 Å². The first-order chi connectivity index (χ1) is 27.1. The summed E-state index contributed by atoms with van der Waals surface area (Å²) in [7, 11) is 5.51. The van der Waals surface area contributed by atoms with Gasteiger partial charge in [-0.2, -0.15) is 0 Å². The Hall–Kier alpha value is -2.97. The van der Waals surface area contributed by atoms with Gasteiger partial charge in [0.25, 0.3) is 0 Å². The molecule has 0 aliphatic heterocycles. The first-order valence-corrected chi connectivity index (χ1v) is 22.3. The van der Waals surface area contributed by atoms with Crippen molar-refractivity contribution in [3.8, 4) is 0 Å². The molecule has 1 N–H and O–H groups in total. The van der Waals surface area contributed by atoms with Crippen LogP contribution in [0, 0.1) is 0 Å². The molecule has 0 fully saturated rings. The maximum absolute atomic E-state index is 12.7. The van der Waals surface area contributed by atoms with E-state index in [-0.39, 0.29) is 42.7 Å². The number of carbonyl (C=O) groups excluding carboxylic acids is 2. The predicted molar refractivity (Wildman–Crippen MR) is 234 cm³/mol. The van der Waals surface area contributed by atoms with E-state index in [2.05, 4.69) is 74.6 Å². The topological polar surface area (TPSA) is 99.1 Å². The lowest BCUT2D eigenvalue weighted by atomic mass is 10.0. The molecule has 2 atom stereocenters. The summed E-state index contributed by atoms with van der Waals surface area (Å²) in [6, 6.07) is -0.622. The van der Waals surface area contributed by atoms with Crippen LogP contribution in [-0.4, -0.2) is 80.6 Å². The van der Waals surface area contributed by atoms with Crippen LogP contribution >= 0.6 is 0 Å². The number of carbonyl (C=O) groups is 3. The number of ether oxygens (including phenoxy) is 3. The number of carboxylic acid groups (broad SMARTS) is 1. The van der Waals surface area contributed by atoms with Gasteiger partial charge >= 0.3 is 17.9 Å². The van der Waals surface area contributed by atoms with Crippen molar-refractivity contribution in [3.05, 3.63) is 60.8 Å². The second-order valence-corrected chi connectivity index (χ2v) is 15.9. The zero-order valence-electron chi connectivity index (χ0n) is 36.6. The summed E-state index contributed by atoms with van der Waals surface area (Å²) in [6.45, 7) is 4.58. The number of allylic oxidation sites excluding steroid dienone is 10. The third-order valence-corrected chi connectivity index (χ3v) is 9.68. The number of unbranched alkanes of at least 4 members (excludes halogenated alkanes) is 15. The zero-order chi connectivity index (χ0) is 41.4. The van der Waals surface area contributed by atoms with Crippen LogP contribution in [0.2, 0.25) is 0 Å². The molecule has 0 saturated carbocycles.